The molecule has 1 unspecified atom stereocenters. The van der Waals surface area contributed by atoms with Gasteiger partial charge in [-0.1, -0.05) is 0 Å². The molecule has 2 nitrogen and oxygen atoms in total. The molecule has 0 radical (unpaired) electrons. The molecule has 0 rings (SSSR count). The first-order valence-corrected chi connectivity index (χ1v) is 11.6. The second kappa shape index (κ2) is 5.17. The van der Waals surface area contributed by atoms with E-state index in [0.29, 0.717) is 3.43 Å². The average Bonchev–Trinajstić information content (AvgIpc) is 2.02. The van der Waals surface area contributed by atoms with Gasteiger partial charge in [0.25, 0.3) is 0 Å². The fourth-order valence-electron chi connectivity index (χ4n) is 2.96. The van der Waals surface area contributed by atoms with Gasteiger partial charge in [-0.15, -0.1) is 0 Å². The van der Waals surface area contributed by atoms with Crippen molar-refractivity contribution in [3.05, 3.63) is 0 Å². The van der Waals surface area contributed by atoms with Crippen molar-refractivity contribution < 1.29 is 0 Å². The van der Waals surface area contributed by atoms with Crippen molar-refractivity contribution in [1.29, 1.82) is 0 Å². The second-order valence-electron chi connectivity index (χ2n) is 5.33. The van der Waals surface area contributed by atoms with E-state index < -0.39 is 18.9 Å². The first-order valence-electron chi connectivity index (χ1n) is 5.62. The van der Waals surface area contributed by atoms with Gasteiger partial charge >= 0.3 is 95.3 Å². The topological polar surface area (TPSA) is 6.48 Å². The summed E-state index contributed by atoms with van der Waals surface area (Å²) in [6, 6.07) is 0. The zero-order valence-electron chi connectivity index (χ0n) is 11.3. The molecule has 0 aromatic rings. The van der Waals surface area contributed by atoms with Crippen LogP contribution in [0.15, 0.2) is 0 Å². The van der Waals surface area contributed by atoms with Crippen molar-refractivity contribution in [3.63, 3.8) is 0 Å². The molecular weight excluding hydrogens is 279 g/mol. The zero-order chi connectivity index (χ0) is 11.6. The first-order chi connectivity index (χ1) is 6.24. The zero-order valence-corrected chi connectivity index (χ0v) is 14.2. The van der Waals surface area contributed by atoms with E-state index in [1.54, 1.807) is 0 Å². The van der Waals surface area contributed by atoms with E-state index >= 15 is 0 Å². The molecule has 0 bridgehead atoms. The summed E-state index contributed by atoms with van der Waals surface area (Å²) in [5, 5.41) is 0. The number of hydrogen-bond acceptors (Lipinski definition) is 2. The molecule has 0 saturated carbocycles. The quantitative estimate of drug-likeness (QED) is 0.737. The van der Waals surface area contributed by atoms with E-state index in [2.05, 4.69) is 62.0 Å². The fourth-order valence-corrected chi connectivity index (χ4v) is 19.9. The van der Waals surface area contributed by atoms with Crippen LogP contribution in [0.3, 0.4) is 0 Å². The fraction of sp³-hybridized carbons (Fsp3) is 1.00. The predicted molar refractivity (Wildman–Crippen MR) is 67.9 cm³/mol. The number of rotatable bonds is 4. The van der Waals surface area contributed by atoms with Crippen molar-refractivity contribution in [1.82, 2.24) is 6.24 Å². The van der Waals surface area contributed by atoms with E-state index in [1.807, 2.05) is 0 Å². The van der Waals surface area contributed by atoms with Gasteiger partial charge in [0.05, 0.1) is 0 Å². The van der Waals surface area contributed by atoms with Crippen LogP contribution in [0.4, 0.5) is 0 Å². The Labute approximate surface area is 95.2 Å². The normalized spacial score (nSPS) is 17.6. The summed E-state index contributed by atoms with van der Waals surface area (Å²) in [5.41, 5.74) is 0. The van der Waals surface area contributed by atoms with Crippen LogP contribution in [-0.2, 0) is 0 Å². The molecule has 86 valence electrons. The SMILES string of the molecule is CC[N](C)[Sn]([CH2]C)([N](C)C)[C](C)(C)C. The van der Waals surface area contributed by atoms with Crippen molar-refractivity contribution in [2.45, 2.75) is 42.5 Å². The van der Waals surface area contributed by atoms with Crippen LogP contribution in [-0.4, -0.2) is 52.9 Å². The van der Waals surface area contributed by atoms with Crippen molar-refractivity contribution in [2.75, 3.05) is 27.7 Å². The first kappa shape index (κ1) is 14.7. The molecule has 0 aromatic carbocycles. The third kappa shape index (κ3) is 2.45. The molecule has 0 aliphatic heterocycles. The summed E-state index contributed by atoms with van der Waals surface area (Å²) in [5.74, 6) is 0. The Kier molecular flexibility index (Phi) is 5.44. The summed E-state index contributed by atoms with van der Waals surface area (Å²) in [6.45, 7) is 13.1. The summed E-state index contributed by atoms with van der Waals surface area (Å²) < 4.78 is 7.06. The molecule has 3 heteroatoms. The van der Waals surface area contributed by atoms with E-state index in [4.69, 9.17) is 0 Å². The molecule has 0 aromatic heterocycles. The average molecular weight is 307 g/mol. The van der Waals surface area contributed by atoms with E-state index in [-0.39, 0.29) is 0 Å². The molecular formula is C11H28N2Sn. The summed E-state index contributed by atoms with van der Waals surface area (Å²) >= 11 is -2.32. The minimum atomic E-state index is -2.32. The summed E-state index contributed by atoms with van der Waals surface area (Å²) in [7, 11) is 6.86. The van der Waals surface area contributed by atoms with Crippen molar-refractivity contribution in [3.8, 4) is 0 Å². The third-order valence-corrected chi connectivity index (χ3v) is 21.9. The van der Waals surface area contributed by atoms with Gasteiger partial charge in [0.2, 0.25) is 0 Å². The number of nitrogens with zero attached hydrogens (tertiary/aromatic N) is 2. The van der Waals surface area contributed by atoms with Crippen LogP contribution in [0, 0.1) is 0 Å². The Hall–Kier alpha value is 0.719. The van der Waals surface area contributed by atoms with Gasteiger partial charge in [-0.05, 0) is 0 Å². The van der Waals surface area contributed by atoms with Gasteiger partial charge in [0, 0.05) is 0 Å². The number of hydrogen-bond donors (Lipinski definition) is 0. The Balaban J connectivity index is 5.20. The van der Waals surface area contributed by atoms with Crippen LogP contribution in [0.1, 0.15) is 34.6 Å². The predicted octanol–water partition coefficient (Wildman–Crippen LogP) is 2.76. The monoisotopic (exact) mass is 308 g/mol. The molecule has 0 N–H and O–H groups in total. The Bertz CT molecular complexity index is 175. The maximum atomic E-state index is 2.66. The van der Waals surface area contributed by atoms with E-state index in [9.17, 15) is 0 Å². The molecule has 0 spiro atoms. The molecule has 14 heavy (non-hydrogen) atoms. The molecule has 0 saturated heterocycles. The molecule has 0 aliphatic carbocycles. The Morgan fingerprint density at radius 1 is 1.00 bits per heavy atom. The molecule has 0 amide bonds. The Morgan fingerprint density at radius 3 is 1.50 bits per heavy atom. The van der Waals surface area contributed by atoms with Crippen molar-refractivity contribution in [2.24, 2.45) is 0 Å². The van der Waals surface area contributed by atoms with Gasteiger partial charge in [0.15, 0.2) is 0 Å². The maximum absolute atomic E-state index is 2.66. The molecule has 0 heterocycles. The van der Waals surface area contributed by atoms with Crippen LogP contribution in [0.5, 0.6) is 0 Å². The van der Waals surface area contributed by atoms with Gasteiger partial charge in [0.1, 0.15) is 0 Å². The van der Waals surface area contributed by atoms with Gasteiger partial charge in [-0.25, -0.2) is 0 Å². The molecule has 0 fully saturated rings. The van der Waals surface area contributed by atoms with E-state index in [0.717, 1.165) is 0 Å². The van der Waals surface area contributed by atoms with Crippen LogP contribution >= 0.6 is 0 Å². The molecule has 1 atom stereocenters. The summed E-state index contributed by atoms with van der Waals surface area (Å²) in [4.78, 5) is 0. The van der Waals surface area contributed by atoms with Crippen LogP contribution in [0.25, 0.3) is 0 Å². The Morgan fingerprint density at radius 2 is 1.43 bits per heavy atom. The standard InChI is InChI=1S/C4H9.C3H8N.C2H6N.C2H5.Sn/c1-4(2)3;1-3-4-2;1-3-2;1-2;/h1-3H3;3H2,1-2H3;1-2H3;1H2,2H3;/q;2*-1;;+2. The van der Waals surface area contributed by atoms with Crippen molar-refractivity contribution >= 4 is 18.9 Å². The third-order valence-electron chi connectivity index (χ3n) is 3.54. The van der Waals surface area contributed by atoms with Gasteiger partial charge < -0.3 is 0 Å². The van der Waals surface area contributed by atoms with E-state index in [1.165, 1.54) is 11.0 Å². The van der Waals surface area contributed by atoms with Crippen LogP contribution < -0.4 is 0 Å². The van der Waals surface area contributed by atoms with Gasteiger partial charge in [-0.2, -0.15) is 0 Å². The molecule has 0 aliphatic rings. The minimum absolute atomic E-state index is 0.470. The van der Waals surface area contributed by atoms with Gasteiger partial charge in [-0.3, -0.25) is 0 Å². The second-order valence-corrected chi connectivity index (χ2v) is 21.0. The van der Waals surface area contributed by atoms with Crippen LogP contribution in [0.2, 0.25) is 7.87 Å². The summed E-state index contributed by atoms with van der Waals surface area (Å²) in [6.07, 6.45) is 0.